The Morgan fingerprint density at radius 3 is 2.48 bits per heavy atom. The maximum atomic E-state index is 10.3. The highest BCUT2D eigenvalue weighted by Gasteiger charge is 2.60. The van der Waals surface area contributed by atoms with E-state index in [1.165, 1.54) is 12.8 Å². The van der Waals surface area contributed by atoms with Crippen LogP contribution in [0.2, 0.25) is 18.6 Å². The van der Waals surface area contributed by atoms with Gasteiger partial charge < -0.3 is 9.84 Å². The van der Waals surface area contributed by atoms with Crippen LogP contribution in [0.4, 0.5) is 0 Å². The molecule has 1 N–H and O–H groups in total. The van der Waals surface area contributed by atoms with Crippen LogP contribution in [0.5, 0.6) is 0 Å². The molecule has 1 aromatic carbocycles. The third-order valence-corrected chi connectivity index (χ3v) is 9.80. The molecule has 3 fully saturated rings. The molecule has 0 radical (unpaired) electrons. The lowest BCUT2D eigenvalue weighted by Crippen LogP contribution is -2.58. The number of benzene rings is 1. The van der Waals surface area contributed by atoms with Crippen LogP contribution >= 0.6 is 11.1 Å². The Hall–Kier alpha value is -0.353. The van der Waals surface area contributed by atoms with Crippen LogP contribution in [-0.4, -0.2) is 19.1 Å². The minimum absolute atomic E-state index is 0.402. The maximum Gasteiger partial charge on any atom is 0.181 e. The summed E-state index contributed by atoms with van der Waals surface area (Å²) in [6.45, 7) is 9.93. The fraction of sp³-hybridized carbons (Fsp3) is 0.684. The first-order valence-electron chi connectivity index (χ1n) is 8.74. The number of fused-ring (bicyclic) bond motifs is 2. The van der Waals surface area contributed by atoms with Gasteiger partial charge in [-0.2, -0.15) is 11.1 Å². The van der Waals surface area contributed by atoms with Gasteiger partial charge in [-0.25, -0.2) is 0 Å². The van der Waals surface area contributed by atoms with Crippen LogP contribution in [0.15, 0.2) is 30.3 Å². The lowest BCUT2D eigenvalue weighted by Gasteiger charge is -2.64. The van der Waals surface area contributed by atoms with Gasteiger partial charge in [0.25, 0.3) is 0 Å². The molecule has 4 heteroatoms. The average Bonchev–Trinajstić information content (AvgIpc) is 2.51. The van der Waals surface area contributed by atoms with E-state index in [2.05, 4.69) is 26.9 Å². The molecule has 0 aromatic heterocycles. The summed E-state index contributed by atoms with van der Waals surface area (Å²) in [5.41, 5.74) is 1.82. The lowest BCUT2D eigenvalue weighted by atomic mass is 9.45. The molecule has 0 aliphatic heterocycles. The Morgan fingerprint density at radius 2 is 1.91 bits per heavy atom. The van der Waals surface area contributed by atoms with Crippen LogP contribution in [0, 0.1) is 23.2 Å². The molecule has 4 rings (SSSR count). The number of halogens is 1. The molecule has 1 aromatic rings. The van der Waals surface area contributed by atoms with Crippen molar-refractivity contribution in [3.63, 3.8) is 0 Å². The highest BCUT2D eigenvalue weighted by Crippen LogP contribution is 2.66. The Morgan fingerprint density at radius 1 is 1.26 bits per heavy atom. The van der Waals surface area contributed by atoms with E-state index in [0.29, 0.717) is 29.4 Å². The molecule has 1 unspecified atom stereocenters. The third-order valence-electron chi connectivity index (χ3n) is 6.53. The molecule has 23 heavy (non-hydrogen) atoms. The summed E-state index contributed by atoms with van der Waals surface area (Å²) < 4.78 is 5.90. The van der Waals surface area contributed by atoms with E-state index >= 15 is 0 Å². The normalized spacial score (nSPS) is 33.8. The van der Waals surface area contributed by atoms with Crippen molar-refractivity contribution in [1.82, 2.24) is 0 Å². The second-order valence-electron chi connectivity index (χ2n) is 8.53. The summed E-state index contributed by atoms with van der Waals surface area (Å²) in [6.07, 6.45) is 1.71. The Bertz CT molecular complexity index is 540. The van der Waals surface area contributed by atoms with Gasteiger partial charge in [0.05, 0.1) is 6.61 Å². The third kappa shape index (κ3) is 3.26. The van der Waals surface area contributed by atoms with Crippen molar-refractivity contribution >= 4 is 18.5 Å². The molecular weight excluding hydrogens is 324 g/mol. The molecule has 128 valence electrons. The number of ether oxygens (including phenoxy) is 1. The van der Waals surface area contributed by atoms with E-state index in [0.717, 1.165) is 11.5 Å². The Balaban J connectivity index is 1.70. The maximum absolute atomic E-state index is 10.3. The van der Waals surface area contributed by atoms with Crippen LogP contribution in [0.3, 0.4) is 0 Å². The van der Waals surface area contributed by atoms with Gasteiger partial charge in [-0.15, -0.1) is 0 Å². The molecular formula is C19H29ClO2Si. The first kappa shape index (κ1) is 17.5. The molecule has 3 aliphatic carbocycles. The molecule has 0 saturated heterocycles. The van der Waals surface area contributed by atoms with E-state index < -0.39 is 13.7 Å². The van der Waals surface area contributed by atoms with Gasteiger partial charge in [0.1, 0.15) is 0 Å². The van der Waals surface area contributed by atoms with Crippen molar-refractivity contribution in [2.75, 3.05) is 6.61 Å². The quantitative estimate of drug-likeness (QED) is 0.449. The van der Waals surface area contributed by atoms with Crippen LogP contribution in [-0.2, 0) is 4.74 Å². The SMILES string of the molecule is CC1(C)[C@@H]2C[C@H]1[C@H](COC(O)c1ccccc1)[C@@H]([Si](C)(C)Cl)C2. The standard InChI is InChI=1S/C19H29ClO2Si/c1-19(2)14-10-16(19)15(17(11-14)23(3,4)20)12-22-18(21)13-8-6-5-7-9-13/h5-9,14-18,21H,10-12H2,1-4H3/t14-,15+,16+,17+,18?/m1/s1. The highest BCUT2D eigenvalue weighted by molar-refractivity contribution is 7.19. The van der Waals surface area contributed by atoms with Crippen molar-refractivity contribution < 1.29 is 9.84 Å². The molecule has 0 spiro atoms. The summed E-state index contributed by atoms with van der Waals surface area (Å²) in [6, 6.07) is 9.63. The topological polar surface area (TPSA) is 29.5 Å². The van der Waals surface area contributed by atoms with Gasteiger partial charge in [0.2, 0.25) is 0 Å². The molecule has 5 atom stereocenters. The van der Waals surface area contributed by atoms with E-state index in [1.54, 1.807) is 0 Å². The first-order chi connectivity index (χ1) is 10.7. The molecule has 0 amide bonds. The van der Waals surface area contributed by atoms with Gasteiger partial charge in [-0.05, 0) is 41.6 Å². The zero-order valence-corrected chi connectivity index (χ0v) is 16.4. The summed E-state index contributed by atoms with van der Waals surface area (Å²) in [7, 11) is -1.73. The van der Waals surface area contributed by atoms with E-state index in [9.17, 15) is 5.11 Å². The minimum Gasteiger partial charge on any atom is -0.364 e. The van der Waals surface area contributed by atoms with Crippen molar-refractivity contribution in [2.45, 2.75) is 51.6 Å². The van der Waals surface area contributed by atoms with Gasteiger partial charge in [0, 0.05) is 5.56 Å². The first-order valence-corrected chi connectivity index (χ1v) is 12.8. The zero-order valence-electron chi connectivity index (χ0n) is 14.6. The van der Waals surface area contributed by atoms with Gasteiger partial charge in [0.15, 0.2) is 13.7 Å². The monoisotopic (exact) mass is 352 g/mol. The molecule has 3 saturated carbocycles. The summed E-state index contributed by atoms with van der Waals surface area (Å²) in [4.78, 5) is 0. The minimum atomic E-state index is -1.73. The molecule has 2 nitrogen and oxygen atoms in total. The second-order valence-corrected chi connectivity index (χ2v) is 15.3. The van der Waals surface area contributed by atoms with Crippen molar-refractivity contribution in [1.29, 1.82) is 0 Å². The van der Waals surface area contributed by atoms with Gasteiger partial charge in [-0.1, -0.05) is 57.3 Å². The van der Waals surface area contributed by atoms with Crippen molar-refractivity contribution in [3.05, 3.63) is 35.9 Å². The zero-order chi connectivity index (χ0) is 16.8. The molecule has 2 bridgehead atoms. The van der Waals surface area contributed by atoms with Crippen LogP contribution in [0.1, 0.15) is 38.5 Å². The number of aliphatic hydroxyl groups is 1. The van der Waals surface area contributed by atoms with E-state index in [4.69, 9.17) is 15.8 Å². The predicted molar refractivity (Wildman–Crippen MR) is 97.9 cm³/mol. The summed E-state index contributed by atoms with van der Waals surface area (Å²) in [5.74, 6) is 1.98. The molecule has 3 aliphatic rings. The fourth-order valence-corrected chi connectivity index (χ4v) is 7.83. The smallest absolute Gasteiger partial charge is 0.181 e. The highest BCUT2D eigenvalue weighted by atomic mass is 35.6. The predicted octanol–water partition coefficient (Wildman–Crippen LogP) is 5.19. The Kier molecular flexibility index (Phi) is 4.69. The van der Waals surface area contributed by atoms with Gasteiger partial charge in [-0.3, -0.25) is 0 Å². The van der Waals surface area contributed by atoms with Crippen molar-refractivity contribution in [3.8, 4) is 0 Å². The number of hydrogen-bond acceptors (Lipinski definition) is 2. The lowest BCUT2D eigenvalue weighted by molar-refractivity contribution is -0.165. The number of hydrogen-bond donors (Lipinski definition) is 1. The van der Waals surface area contributed by atoms with E-state index in [-0.39, 0.29) is 0 Å². The van der Waals surface area contributed by atoms with E-state index in [1.807, 2.05) is 30.3 Å². The largest absolute Gasteiger partial charge is 0.364 e. The van der Waals surface area contributed by atoms with Crippen molar-refractivity contribution in [2.24, 2.45) is 23.2 Å². The fourth-order valence-electron chi connectivity index (χ4n) is 4.88. The second kappa shape index (κ2) is 6.18. The van der Waals surface area contributed by atoms with Gasteiger partial charge >= 0.3 is 0 Å². The van der Waals surface area contributed by atoms with Crippen LogP contribution < -0.4 is 0 Å². The average molecular weight is 353 g/mol. The summed E-state index contributed by atoms with van der Waals surface area (Å²) >= 11 is 6.84. The molecule has 0 heterocycles. The summed E-state index contributed by atoms with van der Waals surface area (Å²) in [5, 5.41) is 10.3. The number of aliphatic hydroxyl groups excluding tert-OH is 1. The Labute approximate surface area is 145 Å². The van der Waals surface area contributed by atoms with Crippen LogP contribution in [0.25, 0.3) is 0 Å². The number of rotatable bonds is 5.